The summed E-state index contributed by atoms with van der Waals surface area (Å²) in [4.78, 5) is 14.2. The van der Waals surface area contributed by atoms with Crippen molar-refractivity contribution in [3.63, 3.8) is 0 Å². The zero-order chi connectivity index (χ0) is 9.80. The van der Waals surface area contributed by atoms with Crippen molar-refractivity contribution in [3.05, 3.63) is 42.7 Å². The van der Waals surface area contributed by atoms with Gasteiger partial charge in [-0.05, 0) is 0 Å². The molecule has 4 nitrogen and oxygen atoms in total. The van der Waals surface area contributed by atoms with Crippen LogP contribution in [-0.2, 0) is 4.79 Å². The molecule has 14 heavy (non-hydrogen) atoms. The fraction of sp³-hybridized carbons (Fsp3) is 0. The standard InChI is InChI=1S/C10H7N3O/c14-8-12-13-7-6-11-10(13)9-4-2-1-3-5-9/h1-7H. The van der Waals surface area contributed by atoms with E-state index in [-0.39, 0.29) is 0 Å². The molecule has 4 heteroatoms. The van der Waals surface area contributed by atoms with Crippen LogP contribution in [0.1, 0.15) is 0 Å². The molecular formula is C10H7N3O. The number of rotatable bonds is 2. The molecule has 0 spiro atoms. The molecule has 0 N–H and O–H groups in total. The first-order valence-corrected chi connectivity index (χ1v) is 4.09. The van der Waals surface area contributed by atoms with Gasteiger partial charge in [0.25, 0.3) is 6.08 Å². The maximum atomic E-state index is 10.1. The van der Waals surface area contributed by atoms with Gasteiger partial charge in [-0.15, -0.1) is 0 Å². The molecule has 0 unspecified atom stereocenters. The Kier molecular flexibility index (Phi) is 2.21. The lowest BCUT2D eigenvalue weighted by molar-refractivity contribution is 0.560. The first-order chi connectivity index (χ1) is 6.92. The lowest BCUT2D eigenvalue weighted by Crippen LogP contribution is -1.90. The Hall–Kier alpha value is -2.19. The number of hydrogen-bond acceptors (Lipinski definition) is 3. The van der Waals surface area contributed by atoms with Crippen LogP contribution in [0.5, 0.6) is 0 Å². The highest BCUT2D eigenvalue weighted by molar-refractivity contribution is 5.55. The van der Waals surface area contributed by atoms with Crippen LogP contribution in [0.15, 0.2) is 47.8 Å². The Labute approximate surface area is 80.5 Å². The fourth-order valence-electron chi connectivity index (χ4n) is 1.22. The number of nitrogens with zero attached hydrogens (tertiary/aromatic N) is 3. The molecule has 2 rings (SSSR count). The van der Waals surface area contributed by atoms with Gasteiger partial charge in [-0.1, -0.05) is 35.4 Å². The van der Waals surface area contributed by atoms with Crippen LogP contribution in [0.4, 0.5) is 0 Å². The minimum Gasteiger partial charge on any atom is -0.235 e. The number of benzene rings is 1. The normalized spacial score (nSPS) is 9.43. The van der Waals surface area contributed by atoms with Crippen molar-refractivity contribution in [2.45, 2.75) is 0 Å². The molecule has 0 fully saturated rings. The molecular weight excluding hydrogens is 178 g/mol. The van der Waals surface area contributed by atoms with Crippen molar-refractivity contribution in [3.8, 4) is 11.4 Å². The third-order valence-electron chi connectivity index (χ3n) is 1.80. The van der Waals surface area contributed by atoms with Crippen LogP contribution in [0.2, 0.25) is 0 Å². The Morgan fingerprint density at radius 1 is 1.29 bits per heavy atom. The second-order valence-electron chi connectivity index (χ2n) is 2.65. The summed E-state index contributed by atoms with van der Waals surface area (Å²) in [5.41, 5.74) is 0.913. The van der Waals surface area contributed by atoms with Gasteiger partial charge in [0.2, 0.25) is 0 Å². The molecule has 0 saturated heterocycles. The largest absolute Gasteiger partial charge is 0.259 e. The number of imidazole rings is 1. The number of isocyanates is 1. The summed E-state index contributed by atoms with van der Waals surface area (Å²) in [5, 5.41) is 3.49. The summed E-state index contributed by atoms with van der Waals surface area (Å²) in [6.07, 6.45) is 4.67. The Balaban J connectivity index is 2.52. The lowest BCUT2D eigenvalue weighted by Gasteiger charge is -1.98. The van der Waals surface area contributed by atoms with Gasteiger partial charge in [0, 0.05) is 11.8 Å². The van der Waals surface area contributed by atoms with E-state index in [4.69, 9.17) is 0 Å². The van der Waals surface area contributed by atoms with Crippen molar-refractivity contribution < 1.29 is 4.79 Å². The maximum absolute atomic E-state index is 10.1. The molecule has 0 bridgehead atoms. The average molecular weight is 185 g/mol. The Morgan fingerprint density at radius 2 is 2.07 bits per heavy atom. The smallest absolute Gasteiger partial charge is 0.235 e. The SMILES string of the molecule is O=C=Nn1ccnc1-c1ccccc1. The average Bonchev–Trinajstić information content (AvgIpc) is 2.68. The second kappa shape index (κ2) is 3.68. The van der Waals surface area contributed by atoms with E-state index < -0.39 is 0 Å². The zero-order valence-corrected chi connectivity index (χ0v) is 7.29. The van der Waals surface area contributed by atoms with E-state index in [1.54, 1.807) is 12.4 Å². The van der Waals surface area contributed by atoms with Crippen LogP contribution < -0.4 is 0 Å². The molecule has 1 heterocycles. The van der Waals surface area contributed by atoms with Crippen molar-refractivity contribution in [1.29, 1.82) is 0 Å². The van der Waals surface area contributed by atoms with Gasteiger partial charge in [0.05, 0.1) is 6.20 Å². The molecule has 2 aromatic rings. The quantitative estimate of drug-likeness (QED) is 0.527. The molecule has 0 atom stereocenters. The zero-order valence-electron chi connectivity index (χ0n) is 7.29. The summed E-state index contributed by atoms with van der Waals surface area (Å²) in [6, 6.07) is 9.52. The molecule has 0 amide bonds. The van der Waals surface area contributed by atoms with Gasteiger partial charge in [0.15, 0.2) is 5.82 Å². The molecule has 0 aliphatic carbocycles. The van der Waals surface area contributed by atoms with Gasteiger partial charge in [-0.25, -0.2) is 14.5 Å². The van der Waals surface area contributed by atoms with Crippen LogP contribution in [0.25, 0.3) is 11.4 Å². The fourth-order valence-corrected chi connectivity index (χ4v) is 1.22. The summed E-state index contributed by atoms with van der Waals surface area (Å²) in [7, 11) is 0. The first-order valence-electron chi connectivity index (χ1n) is 4.09. The highest BCUT2D eigenvalue weighted by Gasteiger charge is 2.03. The Bertz CT molecular complexity index is 469. The van der Waals surface area contributed by atoms with Gasteiger partial charge in [-0.2, -0.15) is 0 Å². The third-order valence-corrected chi connectivity index (χ3v) is 1.80. The predicted octanol–water partition coefficient (Wildman–Crippen LogP) is 1.65. The predicted molar refractivity (Wildman–Crippen MR) is 51.2 cm³/mol. The highest BCUT2D eigenvalue weighted by Crippen LogP contribution is 2.15. The van der Waals surface area contributed by atoms with E-state index in [0.717, 1.165) is 5.56 Å². The van der Waals surface area contributed by atoms with Crippen LogP contribution >= 0.6 is 0 Å². The second-order valence-corrected chi connectivity index (χ2v) is 2.65. The molecule has 0 aliphatic rings. The van der Waals surface area contributed by atoms with E-state index in [0.29, 0.717) is 5.82 Å². The van der Waals surface area contributed by atoms with Gasteiger partial charge < -0.3 is 0 Å². The summed E-state index contributed by atoms with van der Waals surface area (Å²) < 4.78 is 1.39. The molecule has 68 valence electrons. The molecule has 1 aromatic heterocycles. The molecule has 1 aromatic carbocycles. The van der Waals surface area contributed by atoms with Gasteiger partial charge >= 0.3 is 0 Å². The summed E-state index contributed by atoms with van der Waals surface area (Å²) in [5.74, 6) is 0.633. The first kappa shape index (κ1) is 8.41. The molecule has 0 saturated carbocycles. The highest BCUT2D eigenvalue weighted by atomic mass is 16.1. The number of carbonyl (C=O) groups excluding carboxylic acids is 1. The third kappa shape index (κ3) is 1.46. The van der Waals surface area contributed by atoms with Crippen LogP contribution in [-0.4, -0.2) is 15.7 Å². The van der Waals surface area contributed by atoms with E-state index in [9.17, 15) is 4.79 Å². The lowest BCUT2D eigenvalue weighted by atomic mass is 10.2. The van der Waals surface area contributed by atoms with E-state index >= 15 is 0 Å². The van der Waals surface area contributed by atoms with Crippen molar-refractivity contribution in [2.24, 2.45) is 5.10 Å². The van der Waals surface area contributed by atoms with Crippen molar-refractivity contribution in [1.82, 2.24) is 9.66 Å². The molecule has 0 aliphatic heterocycles. The minimum atomic E-state index is 0.633. The van der Waals surface area contributed by atoms with Crippen molar-refractivity contribution in [2.75, 3.05) is 0 Å². The maximum Gasteiger partial charge on any atom is 0.259 e. The number of aromatic nitrogens is 2. The van der Waals surface area contributed by atoms with Crippen molar-refractivity contribution >= 4 is 6.08 Å². The summed E-state index contributed by atoms with van der Waals surface area (Å²) in [6.45, 7) is 0. The monoisotopic (exact) mass is 185 g/mol. The van der Waals surface area contributed by atoms with E-state index in [1.165, 1.54) is 10.8 Å². The minimum absolute atomic E-state index is 0.633. The van der Waals surface area contributed by atoms with E-state index in [1.807, 2.05) is 30.3 Å². The molecule has 0 radical (unpaired) electrons. The van der Waals surface area contributed by atoms with Crippen LogP contribution in [0.3, 0.4) is 0 Å². The van der Waals surface area contributed by atoms with Gasteiger partial charge in [0.1, 0.15) is 0 Å². The topological polar surface area (TPSA) is 47.2 Å². The number of hydrogen-bond donors (Lipinski definition) is 0. The van der Waals surface area contributed by atoms with Crippen LogP contribution in [0, 0.1) is 0 Å². The summed E-state index contributed by atoms with van der Waals surface area (Å²) >= 11 is 0. The van der Waals surface area contributed by atoms with Gasteiger partial charge in [-0.3, -0.25) is 0 Å². The Morgan fingerprint density at radius 3 is 2.79 bits per heavy atom. The van der Waals surface area contributed by atoms with E-state index in [2.05, 4.69) is 10.1 Å².